The van der Waals surface area contributed by atoms with Crippen LogP contribution in [0.4, 0.5) is 0 Å². The molecular formula is C9H5IN2O3S. The van der Waals surface area contributed by atoms with Crippen molar-refractivity contribution in [1.29, 1.82) is 0 Å². The summed E-state index contributed by atoms with van der Waals surface area (Å²) in [6.45, 7) is 0. The van der Waals surface area contributed by atoms with Crippen LogP contribution in [0.1, 0.15) is 10.4 Å². The number of hydrogen-bond acceptors (Lipinski definition) is 5. The van der Waals surface area contributed by atoms with E-state index < -0.39 is 5.97 Å². The van der Waals surface area contributed by atoms with Gasteiger partial charge in [0.15, 0.2) is 0 Å². The summed E-state index contributed by atoms with van der Waals surface area (Å²) in [4.78, 5) is 14.8. The van der Waals surface area contributed by atoms with Crippen LogP contribution in [0.25, 0.3) is 0 Å². The fraction of sp³-hybridized carbons (Fsp3) is 0. The Balaban J connectivity index is 2.36. The molecule has 2 aromatic rings. The predicted octanol–water partition coefficient (Wildman–Crippen LogP) is 2.63. The smallest absolute Gasteiger partial charge is 0.339 e. The Morgan fingerprint density at radius 1 is 1.50 bits per heavy atom. The third-order valence-electron chi connectivity index (χ3n) is 1.71. The summed E-state index contributed by atoms with van der Waals surface area (Å²) in [6, 6.07) is 4.91. The van der Waals surface area contributed by atoms with Crippen LogP contribution in [0.3, 0.4) is 0 Å². The number of benzene rings is 1. The fourth-order valence-electron chi connectivity index (χ4n) is 1.06. The van der Waals surface area contributed by atoms with Gasteiger partial charge in [-0.2, -0.15) is 9.36 Å². The molecule has 0 aliphatic carbocycles. The number of aromatic carboxylic acids is 1. The first-order valence-corrected chi connectivity index (χ1v) is 5.99. The monoisotopic (exact) mass is 348 g/mol. The number of carbonyl (C=O) groups is 1. The quantitative estimate of drug-likeness (QED) is 0.864. The Labute approximate surface area is 108 Å². The zero-order valence-electron chi connectivity index (χ0n) is 7.75. The molecule has 16 heavy (non-hydrogen) atoms. The van der Waals surface area contributed by atoms with Gasteiger partial charge in [0.1, 0.15) is 17.6 Å². The molecule has 7 heteroatoms. The van der Waals surface area contributed by atoms with Crippen LogP contribution in [0.5, 0.6) is 10.9 Å². The molecule has 1 aromatic heterocycles. The minimum atomic E-state index is -1.03. The van der Waals surface area contributed by atoms with Gasteiger partial charge in [-0.1, -0.05) is 0 Å². The molecule has 0 saturated carbocycles. The first kappa shape index (κ1) is 11.3. The normalized spacial score (nSPS) is 10.1. The van der Waals surface area contributed by atoms with E-state index in [0.717, 1.165) is 15.1 Å². The van der Waals surface area contributed by atoms with Crippen molar-refractivity contribution in [1.82, 2.24) is 9.36 Å². The number of halogens is 1. The van der Waals surface area contributed by atoms with Crippen molar-refractivity contribution in [3.63, 3.8) is 0 Å². The van der Waals surface area contributed by atoms with Crippen LogP contribution in [0.15, 0.2) is 24.5 Å². The maximum absolute atomic E-state index is 11.0. The Morgan fingerprint density at radius 3 is 2.94 bits per heavy atom. The zero-order valence-corrected chi connectivity index (χ0v) is 10.7. The molecular weight excluding hydrogens is 343 g/mol. The van der Waals surface area contributed by atoms with Gasteiger partial charge in [-0.3, -0.25) is 0 Å². The fourth-order valence-corrected chi connectivity index (χ4v) is 1.96. The van der Waals surface area contributed by atoms with E-state index in [0.29, 0.717) is 5.19 Å². The van der Waals surface area contributed by atoms with Crippen LogP contribution in [-0.2, 0) is 0 Å². The maximum Gasteiger partial charge on any atom is 0.339 e. The highest BCUT2D eigenvalue weighted by molar-refractivity contribution is 14.1. The van der Waals surface area contributed by atoms with Crippen molar-refractivity contribution in [2.75, 3.05) is 0 Å². The molecule has 1 heterocycles. The molecule has 0 spiro atoms. The predicted molar refractivity (Wildman–Crippen MR) is 66.1 cm³/mol. The first-order valence-electron chi connectivity index (χ1n) is 4.14. The molecule has 5 nitrogen and oxygen atoms in total. The van der Waals surface area contributed by atoms with Gasteiger partial charge in [0.25, 0.3) is 5.19 Å². The molecule has 0 unspecified atom stereocenters. The lowest BCUT2D eigenvalue weighted by atomic mass is 10.2. The zero-order chi connectivity index (χ0) is 11.5. The van der Waals surface area contributed by atoms with Gasteiger partial charge in [-0.15, -0.1) is 0 Å². The van der Waals surface area contributed by atoms with Crippen molar-refractivity contribution in [2.24, 2.45) is 0 Å². The molecule has 0 radical (unpaired) electrons. The van der Waals surface area contributed by atoms with E-state index in [9.17, 15) is 4.79 Å². The standard InChI is InChI=1S/C9H5IN2O3S/c10-5-1-2-7(6(3-5)8(13)14)15-9-11-4-12-16-9/h1-4H,(H,13,14). The number of nitrogens with zero attached hydrogens (tertiary/aromatic N) is 2. The molecule has 0 bridgehead atoms. The molecule has 1 N–H and O–H groups in total. The van der Waals surface area contributed by atoms with E-state index >= 15 is 0 Å². The minimum Gasteiger partial charge on any atom is -0.478 e. The molecule has 0 saturated heterocycles. The van der Waals surface area contributed by atoms with E-state index in [1.807, 2.05) is 22.6 Å². The van der Waals surface area contributed by atoms with Crippen LogP contribution < -0.4 is 4.74 Å². The Morgan fingerprint density at radius 2 is 2.31 bits per heavy atom. The van der Waals surface area contributed by atoms with Crippen molar-refractivity contribution >= 4 is 40.1 Å². The lowest BCUT2D eigenvalue weighted by Crippen LogP contribution is -2.00. The number of carboxylic acid groups (broad SMARTS) is 1. The van der Waals surface area contributed by atoms with Gasteiger partial charge in [0.2, 0.25) is 0 Å². The molecule has 1 aromatic carbocycles. The summed E-state index contributed by atoms with van der Waals surface area (Å²) >= 11 is 3.11. The molecule has 0 atom stereocenters. The van der Waals surface area contributed by atoms with Crippen molar-refractivity contribution in [3.05, 3.63) is 33.7 Å². The second kappa shape index (κ2) is 4.74. The van der Waals surface area contributed by atoms with Crippen LogP contribution >= 0.6 is 34.1 Å². The summed E-state index contributed by atoms with van der Waals surface area (Å²) in [5.74, 6) is -0.761. The largest absolute Gasteiger partial charge is 0.478 e. The first-order chi connectivity index (χ1) is 7.66. The lowest BCUT2D eigenvalue weighted by Gasteiger charge is -2.05. The highest BCUT2D eigenvalue weighted by atomic mass is 127. The van der Waals surface area contributed by atoms with Gasteiger partial charge in [0, 0.05) is 15.1 Å². The van der Waals surface area contributed by atoms with Crippen LogP contribution in [-0.4, -0.2) is 20.4 Å². The third-order valence-corrected chi connectivity index (χ3v) is 2.93. The molecule has 0 amide bonds. The number of aromatic nitrogens is 2. The Kier molecular flexibility index (Phi) is 3.34. The summed E-state index contributed by atoms with van der Waals surface area (Å²) in [6.07, 6.45) is 1.35. The van der Waals surface area contributed by atoms with E-state index in [-0.39, 0.29) is 11.3 Å². The molecule has 0 fully saturated rings. The van der Waals surface area contributed by atoms with Gasteiger partial charge < -0.3 is 9.84 Å². The maximum atomic E-state index is 11.0. The van der Waals surface area contributed by atoms with Gasteiger partial charge in [-0.25, -0.2) is 4.79 Å². The summed E-state index contributed by atoms with van der Waals surface area (Å²) in [7, 11) is 0. The Bertz CT molecular complexity index is 515. The minimum absolute atomic E-state index is 0.113. The van der Waals surface area contributed by atoms with Crippen molar-refractivity contribution in [3.8, 4) is 10.9 Å². The van der Waals surface area contributed by atoms with E-state index in [2.05, 4.69) is 9.36 Å². The van der Waals surface area contributed by atoms with Gasteiger partial charge >= 0.3 is 5.97 Å². The highest BCUT2D eigenvalue weighted by Gasteiger charge is 2.13. The number of carboxylic acids is 1. The summed E-state index contributed by atoms with van der Waals surface area (Å²) in [5.41, 5.74) is 0.113. The average Bonchev–Trinajstić information content (AvgIpc) is 2.73. The second-order valence-electron chi connectivity index (χ2n) is 2.75. The summed E-state index contributed by atoms with van der Waals surface area (Å²) in [5, 5.41) is 9.33. The van der Waals surface area contributed by atoms with E-state index in [4.69, 9.17) is 9.84 Å². The van der Waals surface area contributed by atoms with Crippen LogP contribution in [0.2, 0.25) is 0 Å². The third kappa shape index (κ3) is 2.47. The topological polar surface area (TPSA) is 72.3 Å². The lowest BCUT2D eigenvalue weighted by molar-refractivity contribution is 0.0694. The molecule has 0 aliphatic rings. The van der Waals surface area contributed by atoms with Gasteiger partial charge in [-0.05, 0) is 40.8 Å². The number of ether oxygens (including phenoxy) is 1. The second-order valence-corrected chi connectivity index (χ2v) is 4.74. The number of rotatable bonds is 3. The van der Waals surface area contributed by atoms with E-state index in [1.54, 1.807) is 18.2 Å². The number of hydrogen-bond donors (Lipinski definition) is 1. The average molecular weight is 348 g/mol. The SMILES string of the molecule is O=C(O)c1cc(I)ccc1Oc1ncns1. The summed E-state index contributed by atoms with van der Waals surface area (Å²) < 4.78 is 9.93. The molecule has 82 valence electrons. The molecule has 2 rings (SSSR count). The van der Waals surface area contributed by atoms with Crippen molar-refractivity contribution in [2.45, 2.75) is 0 Å². The molecule has 0 aliphatic heterocycles. The van der Waals surface area contributed by atoms with Gasteiger partial charge in [0.05, 0.1) is 0 Å². The highest BCUT2D eigenvalue weighted by Crippen LogP contribution is 2.27. The van der Waals surface area contributed by atoms with Crippen LogP contribution in [0, 0.1) is 3.57 Å². The van der Waals surface area contributed by atoms with E-state index in [1.165, 1.54) is 6.33 Å². The van der Waals surface area contributed by atoms with Crippen molar-refractivity contribution < 1.29 is 14.6 Å². The Hall–Kier alpha value is -1.22.